The van der Waals surface area contributed by atoms with Crippen LogP contribution in [0.3, 0.4) is 0 Å². The number of terminal acetylenes is 2. The number of anilines is 1. The maximum absolute atomic E-state index is 12.6. The SMILES string of the molecule is C#CC(C)(C)C.C#Cc1cccc(N)c1.C=C(C)c1ccccc1.C=CC/C=C/C(C)C.Cc1cccc2ccccc12.Ic1ccccc1.O=C(O)C1=CCC=C1.O=S(=O)(O)c1c(F)c(F)c(F)c(F)c1F.OC(F)(F)C(F)(F)C(F)(F)C(F)(F)C(F)(F)C(F)(F)F.SCCC1CCCCC1. The van der Waals surface area contributed by atoms with E-state index < -0.39 is 86.0 Å². The summed E-state index contributed by atoms with van der Waals surface area (Å²) in [5, 5.41) is 18.3. The van der Waals surface area contributed by atoms with Crippen molar-refractivity contribution in [3.63, 3.8) is 0 Å². The average Bonchev–Trinajstić information content (AvgIpc) is 0.727. The van der Waals surface area contributed by atoms with Crippen LogP contribution in [0.1, 0.15) is 110 Å². The number of halogens is 19. The fraction of sp³-hybridized carbons (Fsp3) is 0.338. The molecule has 0 spiro atoms. The smallest absolute Gasteiger partial charge is 0.460 e. The van der Waals surface area contributed by atoms with Gasteiger partial charge < -0.3 is 15.9 Å². The number of nitrogen functional groups attached to an aromatic ring is 1. The van der Waals surface area contributed by atoms with E-state index in [0.29, 0.717) is 17.2 Å². The summed E-state index contributed by atoms with van der Waals surface area (Å²) in [5.74, 6) is -36.8. The molecule has 2 aliphatic rings. The van der Waals surface area contributed by atoms with Gasteiger partial charge in [0.2, 0.25) is 5.82 Å². The Morgan fingerprint density at radius 1 is 0.716 bits per heavy atom. The Morgan fingerprint density at radius 2 is 1.18 bits per heavy atom. The van der Waals surface area contributed by atoms with Crippen molar-refractivity contribution in [3.8, 4) is 24.7 Å². The molecule has 6 aromatic carbocycles. The molecular formula is C74H80F18INO6S2. The normalized spacial score (nSPS) is 12.9. The van der Waals surface area contributed by atoms with E-state index in [9.17, 15) is 92.2 Å². The molecule has 102 heavy (non-hydrogen) atoms. The topological polar surface area (TPSA) is 138 Å². The summed E-state index contributed by atoms with van der Waals surface area (Å²) < 4.78 is 248. The minimum atomic E-state index is -7.96. The standard InChI is InChI=1S/C11H10.C9H10.C8H7N.C8H16S.C8H14.C6HF13O.C6HF5O3S.C6H5I.C6H6O2.C6H10/c1-9-5-4-7-10-6-2-3-8-11(9)10;1-8(2)9-6-4-3-5-7-9;1-2-7-4-3-5-8(9)6-7;9-7-6-8-4-2-1-3-5-8;1-4-5-6-7-8(2)3;7-1(8,3(11,12)5(15,16)17)2(9,10)4(13,14)6(18,19)20;7-1-2(8)4(10)6(15(12,13)14)5(11)3(1)9;7-6-4-2-1-3-5-6;7-6(8)5-3-1-2-4-5;1-5-6(2,3)4/h2-8H,1H3;3-7H,1H2,2H3;1,3-6H,9H2;8-9H,1-7H2;4,6-8H,1,5H2,2-3H3;20H;(H,12,13,14);1-5H;1,3-4H,2H2,(H,7,8);1H,2-4H3/b;;;;7-6+;;;;;. The third kappa shape index (κ3) is 34.1. The number of carboxylic acid groups (broad SMARTS) is 1. The number of benzene rings is 6. The molecule has 1 fully saturated rings. The average molecular weight is 1610 g/mol. The second kappa shape index (κ2) is 45.5. The molecule has 0 heterocycles. The molecule has 0 saturated heterocycles. The van der Waals surface area contributed by atoms with Crippen molar-refractivity contribution >= 4 is 73.3 Å². The van der Waals surface area contributed by atoms with Gasteiger partial charge in [0.05, 0.1) is 5.57 Å². The van der Waals surface area contributed by atoms with Crippen LogP contribution in [-0.2, 0) is 14.9 Å². The number of aliphatic carboxylic acids is 1. The summed E-state index contributed by atoms with van der Waals surface area (Å²) in [6, 6.07) is 42.5. The van der Waals surface area contributed by atoms with Crippen LogP contribution in [0.4, 0.5) is 84.7 Å². The highest BCUT2D eigenvalue weighted by molar-refractivity contribution is 14.1. The summed E-state index contributed by atoms with van der Waals surface area (Å²) in [6.07, 6.45) is 17.6. The van der Waals surface area contributed by atoms with Crippen molar-refractivity contribution in [1.82, 2.24) is 0 Å². The number of carboxylic acids is 1. The van der Waals surface area contributed by atoms with E-state index in [-0.39, 0.29) is 5.41 Å². The Labute approximate surface area is 603 Å². The van der Waals surface area contributed by atoms with Crippen molar-refractivity contribution in [3.05, 3.63) is 232 Å². The Morgan fingerprint density at radius 3 is 1.52 bits per heavy atom. The Kier molecular flexibility index (Phi) is 43.0. The van der Waals surface area contributed by atoms with Gasteiger partial charge in [-0.05, 0) is 146 Å². The van der Waals surface area contributed by atoms with Crippen LogP contribution in [0.25, 0.3) is 16.3 Å². The van der Waals surface area contributed by atoms with E-state index in [0.717, 1.165) is 35.6 Å². The monoisotopic (exact) mass is 1610 g/mol. The lowest BCUT2D eigenvalue weighted by Crippen LogP contribution is -2.70. The van der Waals surface area contributed by atoms with Crippen LogP contribution in [0, 0.1) is 81.5 Å². The third-order valence-corrected chi connectivity index (χ3v) is 14.8. The number of hydrogen-bond acceptors (Lipinski definition) is 6. The summed E-state index contributed by atoms with van der Waals surface area (Å²) in [4.78, 5) is 7.82. The molecule has 5 N–H and O–H groups in total. The van der Waals surface area contributed by atoms with Crippen LogP contribution in [0.15, 0.2) is 187 Å². The molecule has 0 unspecified atom stereocenters. The van der Waals surface area contributed by atoms with Gasteiger partial charge in [-0.25, -0.2) is 26.7 Å². The Bertz CT molecular complexity index is 3760. The highest BCUT2D eigenvalue weighted by atomic mass is 127. The van der Waals surface area contributed by atoms with E-state index in [1.54, 1.807) is 24.3 Å². The molecular weight excluding hydrogens is 1530 g/mol. The molecule has 6 aromatic rings. The number of rotatable bonds is 12. The summed E-state index contributed by atoms with van der Waals surface area (Å²) in [7, 11) is -5.52. The van der Waals surface area contributed by atoms with Crippen molar-refractivity contribution < 1.29 is 107 Å². The van der Waals surface area contributed by atoms with E-state index in [1.165, 1.54) is 64.0 Å². The minimum Gasteiger partial charge on any atom is -0.478 e. The zero-order valence-electron chi connectivity index (χ0n) is 56.4. The van der Waals surface area contributed by atoms with E-state index in [4.69, 9.17) is 33.3 Å². The lowest BCUT2D eigenvalue weighted by Gasteiger charge is -2.38. The van der Waals surface area contributed by atoms with E-state index in [1.807, 2.05) is 88.4 Å². The molecule has 2 aliphatic carbocycles. The molecule has 562 valence electrons. The van der Waals surface area contributed by atoms with Crippen molar-refractivity contribution in [1.29, 1.82) is 0 Å². The molecule has 0 aliphatic heterocycles. The second-order valence-corrected chi connectivity index (χ2v) is 26.0. The molecule has 7 nitrogen and oxygen atoms in total. The van der Waals surface area contributed by atoms with Crippen LogP contribution in [0.5, 0.6) is 0 Å². The first-order chi connectivity index (χ1) is 46.9. The minimum absolute atomic E-state index is 0.0694. The van der Waals surface area contributed by atoms with Gasteiger partial charge in [-0.15, -0.1) is 25.3 Å². The second-order valence-electron chi connectivity index (χ2n) is 22.9. The highest BCUT2D eigenvalue weighted by Gasteiger charge is 2.91. The molecule has 8 rings (SSSR count). The number of nitrogens with two attached hydrogens (primary N) is 1. The van der Waals surface area contributed by atoms with Gasteiger partial charge in [-0.1, -0.05) is 198 Å². The fourth-order valence-corrected chi connectivity index (χ4v) is 8.86. The first-order valence-electron chi connectivity index (χ1n) is 30.2. The summed E-state index contributed by atoms with van der Waals surface area (Å²) in [6.45, 7) is 21.9. The summed E-state index contributed by atoms with van der Waals surface area (Å²) in [5.41, 5.74) is 11.1. The first-order valence-corrected chi connectivity index (χ1v) is 33.4. The van der Waals surface area contributed by atoms with Crippen molar-refractivity contribution in [2.45, 2.75) is 141 Å². The number of fused-ring (bicyclic) bond motifs is 1. The first kappa shape index (κ1) is 96.4. The third-order valence-electron chi connectivity index (χ3n) is 12.9. The van der Waals surface area contributed by atoms with Crippen LogP contribution in [0.2, 0.25) is 0 Å². The largest absolute Gasteiger partial charge is 0.478 e. The summed E-state index contributed by atoms with van der Waals surface area (Å²) >= 11 is 6.51. The van der Waals surface area contributed by atoms with Gasteiger partial charge in [0.15, 0.2) is 28.2 Å². The number of aryl methyl sites for hydroxylation is 1. The van der Waals surface area contributed by atoms with Crippen molar-refractivity contribution in [2.24, 2.45) is 17.3 Å². The lowest BCUT2D eigenvalue weighted by molar-refractivity contribution is -0.461. The molecule has 1 saturated carbocycles. The molecule has 0 amide bonds. The number of allylic oxidation sites excluding steroid dienone is 6. The number of aliphatic hydroxyl groups is 1. The molecule has 0 atom stereocenters. The highest BCUT2D eigenvalue weighted by Crippen LogP contribution is 2.59. The lowest BCUT2D eigenvalue weighted by atomic mass is 9.88. The number of thiol groups is 1. The van der Waals surface area contributed by atoms with E-state index >= 15 is 0 Å². The zero-order valence-corrected chi connectivity index (χ0v) is 60.2. The molecule has 0 radical (unpaired) electrons. The van der Waals surface area contributed by atoms with Gasteiger partial charge in [0.1, 0.15) is 0 Å². The Hall–Kier alpha value is -7.64. The molecule has 0 aromatic heterocycles. The van der Waals surface area contributed by atoms with E-state index in [2.05, 4.69) is 160 Å². The Balaban J connectivity index is 0. The predicted molar refractivity (Wildman–Crippen MR) is 378 cm³/mol. The molecule has 28 heteroatoms. The number of carbonyl (C=O) groups is 1. The number of alkyl halides is 13. The predicted octanol–water partition coefficient (Wildman–Crippen LogP) is 23.0. The maximum Gasteiger partial charge on any atom is 0.460 e. The quantitative estimate of drug-likeness (QED) is 0.00947. The maximum atomic E-state index is 12.6. The van der Waals surface area contributed by atoms with Gasteiger partial charge in [0.25, 0.3) is 0 Å². The molecule has 0 bridgehead atoms. The zero-order chi connectivity index (χ0) is 79.3. The van der Waals surface area contributed by atoms with Gasteiger partial charge in [-0.2, -0.15) is 78.1 Å². The number of hydrogen-bond donors (Lipinski definition) is 5. The van der Waals surface area contributed by atoms with Gasteiger partial charge in [-0.3, -0.25) is 4.55 Å². The van der Waals surface area contributed by atoms with Crippen LogP contribution in [-0.4, -0.2) is 70.9 Å². The van der Waals surface area contributed by atoms with Crippen LogP contribution < -0.4 is 5.73 Å². The van der Waals surface area contributed by atoms with Gasteiger partial charge >= 0.3 is 52.1 Å². The fourth-order valence-electron chi connectivity index (χ4n) is 7.45. The van der Waals surface area contributed by atoms with Crippen molar-refractivity contribution in [2.75, 3.05) is 11.5 Å². The van der Waals surface area contributed by atoms with Gasteiger partial charge in [0, 0.05) is 20.2 Å². The van der Waals surface area contributed by atoms with Crippen LogP contribution >= 0.6 is 35.2 Å².